The van der Waals surface area contributed by atoms with E-state index in [0.29, 0.717) is 22.0 Å². The number of hydrogen-bond donors (Lipinski definition) is 0. The smallest absolute Gasteiger partial charge is 0.338 e. The van der Waals surface area contributed by atoms with Crippen LogP contribution in [0.15, 0.2) is 72.8 Å². The van der Waals surface area contributed by atoms with E-state index in [4.69, 9.17) is 21.2 Å². The Labute approximate surface area is 219 Å². The van der Waals surface area contributed by atoms with E-state index in [1.54, 1.807) is 60.5 Å². The highest BCUT2D eigenvalue weighted by molar-refractivity contribution is 6.30. The van der Waals surface area contributed by atoms with E-state index in [1.165, 1.54) is 0 Å². The molecule has 0 saturated carbocycles. The summed E-state index contributed by atoms with van der Waals surface area (Å²) in [4.78, 5) is 48.6. The van der Waals surface area contributed by atoms with Gasteiger partial charge >= 0.3 is 5.97 Å². The first-order chi connectivity index (χ1) is 17.8. The normalized spacial score (nSPS) is 20.8. The molecule has 9 heteroatoms. The Bertz CT molecular complexity index is 1330. The molecule has 2 aliphatic heterocycles. The predicted molar refractivity (Wildman–Crippen MR) is 141 cm³/mol. The number of carbonyl (C=O) groups is 3. The summed E-state index contributed by atoms with van der Waals surface area (Å²) in [7, 11) is 3.90. The van der Waals surface area contributed by atoms with Crippen molar-refractivity contribution >= 4 is 46.4 Å². The molecule has 190 valence electrons. The van der Waals surface area contributed by atoms with Gasteiger partial charge in [0.15, 0.2) is 6.10 Å². The molecule has 2 heterocycles. The lowest BCUT2D eigenvalue weighted by Crippen LogP contribution is -2.37. The lowest BCUT2D eigenvalue weighted by molar-refractivity contribution is -0.126. The molecule has 8 nitrogen and oxygen atoms in total. The highest BCUT2D eigenvalue weighted by atomic mass is 35.5. The third-order valence-electron chi connectivity index (χ3n) is 6.58. The number of fused-ring (bicyclic) bond motifs is 1. The fourth-order valence-electron chi connectivity index (χ4n) is 4.75. The molecule has 0 radical (unpaired) electrons. The van der Waals surface area contributed by atoms with Crippen molar-refractivity contribution in [2.24, 2.45) is 5.92 Å². The number of esters is 1. The number of ether oxygens (including phenoxy) is 1. The second-order valence-electron chi connectivity index (χ2n) is 9.06. The Hall–Kier alpha value is -3.88. The van der Waals surface area contributed by atoms with Crippen molar-refractivity contribution in [3.8, 4) is 0 Å². The largest absolute Gasteiger partial charge is 0.462 e. The van der Waals surface area contributed by atoms with Crippen LogP contribution in [0.5, 0.6) is 0 Å². The van der Waals surface area contributed by atoms with Crippen LogP contribution < -0.4 is 14.9 Å². The van der Waals surface area contributed by atoms with E-state index in [1.807, 2.05) is 43.3 Å². The molecule has 2 saturated heterocycles. The van der Waals surface area contributed by atoms with Crippen molar-refractivity contribution in [2.75, 3.05) is 35.6 Å². The van der Waals surface area contributed by atoms with Crippen LogP contribution in [-0.4, -0.2) is 44.6 Å². The van der Waals surface area contributed by atoms with Gasteiger partial charge in [0, 0.05) is 24.8 Å². The third kappa shape index (κ3) is 4.43. The number of anilines is 3. The molecule has 37 heavy (non-hydrogen) atoms. The van der Waals surface area contributed by atoms with E-state index < -0.39 is 29.9 Å². The maximum Gasteiger partial charge on any atom is 0.338 e. The summed E-state index contributed by atoms with van der Waals surface area (Å²) >= 11 is 6.09. The van der Waals surface area contributed by atoms with Crippen LogP contribution in [0, 0.1) is 5.92 Å². The summed E-state index contributed by atoms with van der Waals surface area (Å²) in [6, 6.07) is 20.6. The average Bonchev–Trinajstić information content (AvgIpc) is 3.40. The Morgan fingerprint density at radius 1 is 0.919 bits per heavy atom. The van der Waals surface area contributed by atoms with E-state index in [0.717, 1.165) is 16.2 Å². The number of carbonyl (C=O) groups excluding carboxylic acids is 3. The summed E-state index contributed by atoms with van der Waals surface area (Å²) in [6.45, 7) is 1.98. The van der Waals surface area contributed by atoms with Gasteiger partial charge in [-0.1, -0.05) is 23.7 Å². The van der Waals surface area contributed by atoms with Gasteiger partial charge in [-0.3, -0.25) is 14.4 Å². The van der Waals surface area contributed by atoms with Crippen LogP contribution in [-0.2, 0) is 19.2 Å². The van der Waals surface area contributed by atoms with Gasteiger partial charge in [-0.15, -0.1) is 0 Å². The number of halogens is 1. The maximum absolute atomic E-state index is 13.8. The molecule has 3 atom stereocenters. The lowest BCUT2D eigenvalue weighted by Gasteiger charge is -2.29. The number of amides is 2. The number of benzene rings is 3. The molecule has 0 bridgehead atoms. The van der Waals surface area contributed by atoms with Gasteiger partial charge in [0.05, 0.1) is 29.6 Å². The molecule has 2 amide bonds. The predicted octanol–water partition coefficient (Wildman–Crippen LogP) is 4.63. The van der Waals surface area contributed by atoms with Crippen molar-refractivity contribution in [3.63, 3.8) is 0 Å². The van der Waals surface area contributed by atoms with Crippen LogP contribution >= 0.6 is 11.6 Å². The highest BCUT2D eigenvalue weighted by Gasteiger charge is 2.60. The standard InChI is InChI=1S/C28H26ClN3O5/c1-4-36-28(35)18-7-13-21(14-8-18)31-26(33)23-24(17-5-11-20(12-6-17)30(2)3)32(37-25(23)27(31)34)22-15-9-19(29)10-16-22/h5-16,23-25H,4H2,1-3H3/t23-,24+,25-/m0/s1. The Morgan fingerprint density at radius 3 is 2.14 bits per heavy atom. The van der Waals surface area contributed by atoms with Gasteiger partial charge in [0.1, 0.15) is 5.92 Å². The van der Waals surface area contributed by atoms with Gasteiger partial charge in [0.2, 0.25) is 5.91 Å². The molecule has 3 aromatic rings. The minimum atomic E-state index is -0.994. The molecule has 2 aliphatic rings. The molecular formula is C28H26ClN3O5. The molecule has 0 unspecified atom stereocenters. The summed E-state index contributed by atoms with van der Waals surface area (Å²) < 4.78 is 5.02. The molecule has 0 N–H and O–H groups in total. The zero-order valence-electron chi connectivity index (χ0n) is 20.6. The molecule has 0 aliphatic carbocycles. The quantitative estimate of drug-likeness (QED) is 0.347. The molecular weight excluding hydrogens is 494 g/mol. The Kier molecular flexibility index (Phi) is 6.62. The Balaban J connectivity index is 1.50. The number of hydroxylamine groups is 1. The topological polar surface area (TPSA) is 79.4 Å². The molecule has 5 rings (SSSR count). The zero-order valence-corrected chi connectivity index (χ0v) is 21.4. The minimum absolute atomic E-state index is 0.255. The van der Waals surface area contributed by atoms with Crippen LogP contribution in [0.25, 0.3) is 0 Å². The van der Waals surface area contributed by atoms with E-state index in [-0.39, 0.29) is 12.5 Å². The van der Waals surface area contributed by atoms with Crippen LogP contribution in [0.4, 0.5) is 17.1 Å². The first-order valence-electron chi connectivity index (χ1n) is 11.9. The van der Waals surface area contributed by atoms with Crippen LogP contribution in [0.2, 0.25) is 5.02 Å². The van der Waals surface area contributed by atoms with Crippen LogP contribution in [0.3, 0.4) is 0 Å². The second-order valence-corrected chi connectivity index (χ2v) is 9.50. The zero-order chi connectivity index (χ0) is 26.3. The molecule has 0 spiro atoms. The SMILES string of the molecule is CCOC(=O)c1ccc(N2C(=O)[C@@H]3[C@H](ON(c4ccc(Cl)cc4)[C@@H]3c3ccc(N(C)C)cc3)C2=O)cc1. The average molecular weight is 520 g/mol. The van der Waals surface area contributed by atoms with Gasteiger partial charge in [0.25, 0.3) is 5.91 Å². The minimum Gasteiger partial charge on any atom is -0.462 e. The van der Waals surface area contributed by atoms with Gasteiger partial charge in [-0.05, 0) is 73.2 Å². The number of hydrogen-bond acceptors (Lipinski definition) is 7. The number of imide groups is 1. The first kappa shape index (κ1) is 24.8. The fraction of sp³-hybridized carbons (Fsp3) is 0.250. The highest BCUT2D eigenvalue weighted by Crippen LogP contribution is 2.47. The summed E-state index contributed by atoms with van der Waals surface area (Å²) in [5.74, 6) is -2.05. The van der Waals surface area contributed by atoms with Crippen molar-refractivity contribution in [2.45, 2.75) is 19.1 Å². The summed E-state index contributed by atoms with van der Waals surface area (Å²) in [6.07, 6.45) is -0.994. The summed E-state index contributed by atoms with van der Waals surface area (Å²) in [5.41, 5.74) is 3.25. The van der Waals surface area contributed by atoms with Crippen molar-refractivity contribution < 1.29 is 24.0 Å². The second kappa shape index (κ2) is 9.88. The molecule has 3 aromatic carbocycles. The van der Waals surface area contributed by atoms with E-state index in [9.17, 15) is 14.4 Å². The Morgan fingerprint density at radius 2 is 1.54 bits per heavy atom. The van der Waals surface area contributed by atoms with Crippen LogP contribution in [0.1, 0.15) is 28.9 Å². The van der Waals surface area contributed by atoms with E-state index in [2.05, 4.69) is 0 Å². The van der Waals surface area contributed by atoms with Crippen molar-refractivity contribution in [1.29, 1.82) is 0 Å². The van der Waals surface area contributed by atoms with Crippen molar-refractivity contribution in [1.82, 2.24) is 0 Å². The molecule has 2 fully saturated rings. The summed E-state index contributed by atoms with van der Waals surface area (Å²) in [5, 5.41) is 2.20. The van der Waals surface area contributed by atoms with Crippen molar-refractivity contribution in [3.05, 3.63) is 88.9 Å². The maximum atomic E-state index is 13.8. The number of nitrogens with zero attached hydrogens (tertiary/aromatic N) is 3. The van der Waals surface area contributed by atoms with Gasteiger partial charge in [-0.25, -0.2) is 14.8 Å². The van der Waals surface area contributed by atoms with E-state index >= 15 is 0 Å². The first-order valence-corrected chi connectivity index (χ1v) is 12.3. The number of rotatable bonds is 6. The lowest BCUT2D eigenvalue weighted by atomic mass is 9.90. The fourth-order valence-corrected chi connectivity index (χ4v) is 4.88. The molecule has 0 aromatic heterocycles. The monoisotopic (exact) mass is 519 g/mol. The third-order valence-corrected chi connectivity index (χ3v) is 6.84. The van der Waals surface area contributed by atoms with Gasteiger partial charge in [-0.2, -0.15) is 0 Å². The van der Waals surface area contributed by atoms with Gasteiger partial charge < -0.3 is 9.64 Å².